The molecule has 1 saturated heterocycles. The highest BCUT2D eigenvalue weighted by Gasteiger charge is 2.27. The standard InChI is InChI=1S/C13H25NO3/c1-3-4-6-10(2)13(16)14-11(9-15)12-7-5-8-17-12/h10-12,15H,3-9H2,1-2H3,(H,14,16). The van der Waals surface area contributed by atoms with Gasteiger partial charge in [-0.25, -0.2) is 0 Å². The Kier molecular flexibility index (Phi) is 6.52. The van der Waals surface area contributed by atoms with Gasteiger partial charge in [-0.05, 0) is 19.3 Å². The van der Waals surface area contributed by atoms with Gasteiger partial charge in [0.05, 0.1) is 18.8 Å². The van der Waals surface area contributed by atoms with Gasteiger partial charge in [0.15, 0.2) is 0 Å². The Bertz CT molecular complexity index is 227. The molecule has 1 fully saturated rings. The summed E-state index contributed by atoms with van der Waals surface area (Å²) in [6, 6.07) is -0.242. The van der Waals surface area contributed by atoms with E-state index >= 15 is 0 Å². The van der Waals surface area contributed by atoms with Gasteiger partial charge < -0.3 is 15.2 Å². The summed E-state index contributed by atoms with van der Waals surface area (Å²) in [6.45, 7) is 4.75. The quantitative estimate of drug-likeness (QED) is 0.712. The molecule has 4 nitrogen and oxygen atoms in total. The van der Waals surface area contributed by atoms with Crippen molar-refractivity contribution < 1.29 is 14.6 Å². The normalized spacial score (nSPS) is 23.4. The highest BCUT2D eigenvalue weighted by molar-refractivity contribution is 5.78. The van der Waals surface area contributed by atoms with Crippen molar-refractivity contribution >= 4 is 5.91 Å². The number of carbonyl (C=O) groups is 1. The smallest absolute Gasteiger partial charge is 0.223 e. The van der Waals surface area contributed by atoms with E-state index in [1.165, 1.54) is 0 Å². The van der Waals surface area contributed by atoms with E-state index in [4.69, 9.17) is 4.74 Å². The molecule has 17 heavy (non-hydrogen) atoms. The number of hydrogen-bond donors (Lipinski definition) is 2. The van der Waals surface area contributed by atoms with Crippen LogP contribution in [-0.2, 0) is 9.53 Å². The lowest BCUT2D eigenvalue weighted by Crippen LogP contribution is -2.47. The predicted molar refractivity (Wildman–Crippen MR) is 66.7 cm³/mol. The molecule has 0 aliphatic carbocycles. The second-order valence-electron chi connectivity index (χ2n) is 4.89. The molecule has 4 heteroatoms. The number of hydrogen-bond acceptors (Lipinski definition) is 3. The molecule has 3 atom stereocenters. The summed E-state index contributed by atoms with van der Waals surface area (Å²) < 4.78 is 5.49. The first kappa shape index (κ1) is 14.5. The van der Waals surface area contributed by atoms with Crippen LogP contribution in [0.5, 0.6) is 0 Å². The molecule has 1 aliphatic rings. The van der Waals surface area contributed by atoms with Crippen molar-refractivity contribution in [2.24, 2.45) is 5.92 Å². The molecule has 2 N–H and O–H groups in total. The lowest BCUT2D eigenvalue weighted by molar-refractivity contribution is -0.126. The first-order chi connectivity index (χ1) is 8.19. The third-order valence-electron chi connectivity index (χ3n) is 3.38. The average molecular weight is 243 g/mol. The number of aliphatic hydroxyl groups excluding tert-OH is 1. The van der Waals surface area contributed by atoms with Crippen LogP contribution >= 0.6 is 0 Å². The van der Waals surface area contributed by atoms with E-state index in [-0.39, 0.29) is 30.6 Å². The topological polar surface area (TPSA) is 58.6 Å². The molecule has 0 aromatic heterocycles. The highest BCUT2D eigenvalue weighted by atomic mass is 16.5. The van der Waals surface area contributed by atoms with Crippen LogP contribution in [0.25, 0.3) is 0 Å². The third-order valence-corrected chi connectivity index (χ3v) is 3.38. The van der Waals surface area contributed by atoms with Crippen LogP contribution in [0.3, 0.4) is 0 Å². The third kappa shape index (κ3) is 4.64. The van der Waals surface area contributed by atoms with Gasteiger partial charge in [-0.2, -0.15) is 0 Å². The summed E-state index contributed by atoms with van der Waals surface area (Å²) in [5.74, 6) is 0.0541. The molecule has 0 aromatic carbocycles. The lowest BCUT2D eigenvalue weighted by Gasteiger charge is -2.23. The second kappa shape index (κ2) is 7.67. The molecular formula is C13H25NO3. The van der Waals surface area contributed by atoms with Crippen molar-refractivity contribution in [2.45, 2.75) is 58.1 Å². The fourth-order valence-corrected chi connectivity index (χ4v) is 2.14. The Morgan fingerprint density at radius 1 is 1.59 bits per heavy atom. The van der Waals surface area contributed by atoms with Crippen LogP contribution < -0.4 is 5.32 Å². The average Bonchev–Trinajstić information content (AvgIpc) is 2.86. The monoisotopic (exact) mass is 243 g/mol. The van der Waals surface area contributed by atoms with Crippen molar-refractivity contribution in [2.75, 3.05) is 13.2 Å². The number of unbranched alkanes of at least 4 members (excludes halogenated alkanes) is 1. The largest absolute Gasteiger partial charge is 0.394 e. The maximum absolute atomic E-state index is 11.9. The predicted octanol–water partition coefficient (Wildman–Crippen LogP) is 1.47. The zero-order valence-electron chi connectivity index (χ0n) is 10.9. The fourth-order valence-electron chi connectivity index (χ4n) is 2.14. The summed E-state index contributed by atoms with van der Waals surface area (Å²) in [5.41, 5.74) is 0. The highest BCUT2D eigenvalue weighted by Crippen LogP contribution is 2.16. The van der Waals surface area contributed by atoms with Gasteiger partial charge in [0.1, 0.15) is 0 Å². The summed E-state index contributed by atoms with van der Waals surface area (Å²) in [6.07, 6.45) is 5.01. The summed E-state index contributed by atoms with van der Waals surface area (Å²) in [7, 11) is 0. The zero-order valence-corrected chi connectivity index (χ0v) is 10.9. The second-order valence-corrected chi connectivity index (χ2v) is 4.89. The van der Waals surface area contributed by atoms with Crippen molar-refractivity contribution in [1.29, 1.82) is 0 Å². The van der Waals surface area contributed by atoms with Gasteiger partial charge in [-0.3, -0.25) is 4.79 Å². The Morgan fingerprint density at radius 3 is 2.88 bits per heavy atom. The number of ether oxygens (including phenoxy) is 1. The summed E-state index contributed by atoms with van der Waals surface area (Å²) in [5, 5.41) is 12.2. The van der Waals surface area contributed by atoms with Crippen LogP contribution in [-0.4, -0.2) is 36.4 Å². The van der Waals surface area contributed by atoms with Gasteiger partial charge in [-0.1, -0.05) is 26.7 Å². The van der Waals surface area contributed by atoms with Gasteiger partial charge in [0, 0.05) is 12.5 Å². The first-order valence-electron chi connectivity index (χ1n) is 6.71. The number of amides is 1. The first-order valence-corrected chi connectivity index (χ1v) is 6.71. The number of rotatable bonds is 7. The Hall–Kier alpha value is -0.610. The molecule has 3 unspecified atom stereocenters. The molecule has 100 valence electrons. The van der Waals surface area contributed by atoms with Crippen molar-refractivity contribution in [3.63, 3.8) is 0 Å². The van der Waals surface area contributed by atoms with Crippen LogP contribution in [0.4, 0.5) is 0 Å². The molecule has 0 bridgehead atoms. The van der Waals surface area contributed by atoms with Gasteiger partial charge in [-0.15, -0.1) is 0 Å². The zero-order chi connectivity index (χ0) is 12.7. The van der Waals surface area contributed by atoms with Crippen LogP contribution in [0.1, 0.15) is 46.0 Å². The Balaban J connectivity index is 2.35. The number of carbonyl (C=O) groups excluding carboxylic acids is 1. The minimum Gasteiger partial charge on any atom is -0.394 e. The molecule has 1 heterocycles. The van der Waals surface area contributed by atoms with E-state index in [1.807, 2.05) is 6.92 Å². The van der Waals surface area contributed by atoms with E-state index in [2.05, 4.69) is 12.2 Å². The maximum atomic E-state index is 11.9. The van der Waals surface area contributed by atoms with Gasteiger partial charge >= 0.3 is 0 Å². The van der Waals surface area contributed by atoms with Crippen molar-refractivity contribution in [3.05, 3.63) is 0 Å². The van der Waals surface area contributed by atoms with E-state index < -0.39 is 0 Å². The van der Waals surface area contributed by atoms with Gasteiger partial charge in [0.25, 0.3) is 0 Å². The van der Waals surface area contributed by atoms with Crippen LogP contribution in [0, 0.1) is 5.92 Å². The number of aliphatic hydroxyl groups is 1. The lowest BCUT2D eigenvalue weighted by atomic mass is 10.0. The molecular weight excluding hydrogens is 218 g/mol. The minimum atomic E-state index is -0.242. The number of nitrogens with one attached hydrogen (secondary N) is 1. The molecule has 0 radical (unpaired) electrons. The maximum Gasteiger partial charge on any atom is 0.223 e. The molecule has 0 aromatic rings. The molecule has 0 saturated carbocycles. The minimum absolute atomic E-state index is 0.0117. The fraction of sp³-hybridized carbons (Fsp3) is 0.923. The van der Waals surface area contributed by atoms with Crippen LogP contribution in [0.15, 0.2) is 0 Å². The molecule has 0 spiro atoms. The SMILES string of the molecule is CCCCC(C)C(=O)NC(CO)C1CCCO1. The molecule has 1 aliphatic heterocycles. The molecule has 1 rings (SSSR count). The van der Waals surface area contributed by atoms with E-state index in [1.54, 1.807) is 0 Å². The Labute approximate surface area is 104 Å². The summed E-state index contributed by atoms with van der Waals surface area (Å²) >= 11 is 0. The van der Waals surface area contributed by atoms with Crippen molar-refractivity contribution in [3.8, 4) is 0 Å². The van der Waals surface area contributed by atoms with E-state index in [0.29, 0.717) is 0 Å². The van der Waals surface area contributed by atoms with Crippen molar-refractivity contribution in [1.82, 2.24) is 5.32 Å². The summed E-state index contributed by atoms with van der Waals surface area (Å²) in [4.78, 5) is 11.9. The van der Waals surface area contributed by atoms with E-state index in [0.717, 1.165) is 38.7 Å². The Morgan fingerprint density at radius 2 is 2.35 bits per heavy atom. The van der Waals surface area contributed by atoms with E-state index in [9.17, 15) is 9.90 Å². The van der Waals surface area contributed by atoms with Crippen LogP contribution in [0.2, 0.25) is 0 Å². The van der Waals surface area contributed by atoms with Gasteiger partial charge in [0.2, 0.25) is 5.91 Å². The molecule has 1 amide bonds.